The van der Waals surface area contributed by atoms with E-state index in [1.54, 1.807) is 13.0 Å². The number of β-amino-alcohol motifs (C(OH)–C–C–N with tert-alkyl or cyclic N) is 1. The Morgan fingerprint density at radius 1 is 1.46 bits per heavy atom. The molecule has 10 heteroatoms. The maximum atomic E-state index is 12.9. The summed E-state index contributed by atoms with van der Waals surface area (Å²) in [6.45, 7) is 3.22. The van der Waals surface area contributed by atoms with Gasteiger partial charge < -0.3 is 10.2 Å². The number of carbonyl (C=O) groups is 1. The van der Waals surface area contributed by atoms with Gasteiger partial charge in [0.2, 0.25) is 0 Å². The van der Waals surface area contributed by atoms with Crippen LogP contribution in [0.5, 0.6) is 0 Å². The molecule has 3 rings (SSSR count). The topological polar surface area (TPSA) is 111 Å². The van der Waals surface area contributed by atoms with Crippen molar-refractivity contribution in [3.63, 3.8) is 0 Å². The molecule has 3 N–H and O–H groups in total. The molecule has 1 aliphatic rings. The lowest BCUT2D eigenvalue weighted by Crippen LogP contribution is -2.59. The summed E-state index contributed by atoms with van der Waals surface area (Å²) in [6, 6.07) is 1.57. The lowest BCUT2D eigenvalue weighted by Gasteiger charge is -2.44. The van der Waals surface area contributed by atoms with Crippen LogP contribution in [0.2, 0.25) is 0 Å². The first-order chi connectivity index (χ1) is 11.2. The summed E-state index contributed by atoms with van der Waals surface area (Å²) >= 11 is 0. The van der Waals surface area contributed by atoms with Crippen LogP contribution >= 0.6 is 0 Å². The maximum Gasteiger partial charge on any atom is 0.410 e. The lowest BCUT2D eigenvalue weighted by molar-refractivity contribution is -0.0871. The molecule has 0 spiro atoms. The molecule has 1 saturated heterocycles. The number of rotatable bonds is 4. The van der Waals surface area contributed by atoms with Gasteiger partial charge in [-0.25, -0.2) is 23.5 Å². The van der Waals surface area contributed by atoms with Gasteiger partial charge in [-0.3, -0.25) is 15.2 Å². The number of amides is 1. The van der Waals surface area contributed by atoms with Gasteiger partial charge in [-0.15, -0.1) is 0 Å². The van der Waals surface area contributed by atoms with Crippen molar-refractivity contribution in [2.75, 3.05) is 18.4 Å². The first-order valence-corrected chi connectivity index (χ1v) is 7.13. The summed E-state index contributed by atoms with van der Waals surface area (Å²) < 4.78 is 25.8. The smallest absolute Gasteiger partial charge is 0.410 e. The van der Waals surface area contributed by atoms with E-state index in [1.807, 2.05) is 10.2 Å². The molecule has 0 atom stereocenters. The van der Waals surface area contributed by atoms with Gasteiger partial charge >= 0.3 is 6.09 Å². The Labute approximate surface area is 135 Å². The second kappa shape index (κ2) is 5.87. The fourth-order valence-corrected chi connectivity index (χ4v) is 2.74. The first-order valence-electron chi connectivity index (χ1n) is 7.13. The van der Waals surface area contributed by atoms with Crippen molar-refractivity contribution in [3.8, 4) is 0 Å². The summed E-state index contributed by atoms with van der Waals surface area (Å²) in [4.78, 5) is 24.1. The average Bonchev–Trinajstić information content (AvgIpc) is 2.44. The highest BCUT2D eigenvalue weighted by atomic mass is 19.3. The predicted molar refractivity (Wildman–Crippen MR) is 79.8 cm³/mol. The van der Waals surface area contributed by atoms with Gasteiger partial charge in [0.05, 0.1) is 11.1 Å². The van der Waals surface area contributed by atoms with Crippen LogP contribution in [0.3, 0.4) is 0 Å². The molecule has 3 heterocycles. The van der Waals surface area contributed by atoms with Gasteiger partial charge in [0.1, 0.15) is 5.52 Å². The highest BCUT2D eigenvalue weighted by Crippen LogP contribution is 2.26. The molecular weight excluding hydrogens is 324 g/mol. The number of anilines is 1. The second-order valence-electron chi connectivity index (χ2n) is 6.01. The van der Waals surface area contributed by atoms with E-state index in [0.717, 1.165) is 5.56 Å². The van der Waals surface area contributed by atoms with Crippen LogP contribution < -0.4 is 5.32 Å². The largest absolute Gasteiger partial charge is 0.465 e. The number of aliphatic hydroxyl groups is 1. The van der Waals surface area contributed by atoms with Crippen LogP contribution in [0.15, 0.2) is 12.3 Å². The number of hydrogen-bond donors (Lipinski definition) is 3. The van der Waals surface area contributed by atoms with Gasteiger partial charge in [0.15, 0.2) is 11.6 Å². The molecule has 0 unspecified atom stereocenters. The number of pyridine rings is 1. The Hall–Kier alpha value is -2.46. The van der Waals surface area contributed by atoms with Gasteiger partial charge in [-0.2, -0.15) is 0 Å². The zero-order valence-electron chi connectivity index (χ0n) is 12.7. The Kier molecular flexibility index (Phi) is 4.01. The zero-order chi connectivity index (χ0) is 17.5. The second-order valence-corrected chi connectivity index (χ2v) is 6.01. The first kappa shape index (κ1) is 16.4. The van der Waals surface area contributed by atoms with Crippen molar-refractivity contribution in [2.45, 2.75) is 25.5 Å². The summed E-state index contributed by atoms with van der Waals surface area (Å²) in [5, 5.41) is 20.5. The van der Waals surface area contributed by atoms with Crippen LogP contribution in [0.1, 0.15) is 24.7 Å². The summed E-state index contributed by atoms with van der Waals surface area (Å²) in [5.74, 6) is -1.04. The molecule has 1 amide bonds. The number of likely N-dealkylation sites (tertiary alicyclic amines) is 1. The molecule has 2 aromatic heterocycles. The van der Waals surface area contributed by atoms with E-state index in [4.69, 9.17) is 5.11 Å². The minimum absolute atomic E-state index is 0.0983. The van der Waals surface area contributed by atoms with Crippen molar-refractivity contribution in [1.29, 1.82) is 0 Å². The number of carboxylic acid groups (broad SMARTS) is 1. The van der Waals surface area contributed by atoms with E-state index in [2.05, 4.69) is 15.0 Å². The van der Waals surface area contributed by atoms with Gasteiger partial charge in [0.25, 0.3) is 6.43 Å². The van der Waals surface area contributed by atoms with Crippen molar-refractivity contribution in [1.82, 2.24) is 19.9 Å². The molecule has 8 nitrogen and oxygen atoms in total. The van der Waals surface area contributed by atoms with Crippen molar-refractivity contribution >= 4 is 22.9 Å². The number of aromatic nitrogens is 3. The Bertz CT molecular complexity index is 791. The number of fused-ring (bicyclic) bond motifs is 1. The molecule has 0 radical (unpaired) electrons. The van der Waals surface area contributed by atoms with E-state index < -0.39 is 23.9 Å². The number of alkyl halides is 2. The monoisotopic (exact) mass is 339 g/mol. The summed E-state index contributed by atoms with van der Waals surface area (Å²) in [5.41, 5.74) is 0.238. The van der Waals surface area contributed by atoms with Gasteiger partial charge in [-0.05, 0) is 18.6 Å². The molecule has 1 fully saturated rings. The van der Waals surface area contributed by atoms with Gasteiger partial charge in [-0.1, -0.05) is 0 Å². The minimum Gasteiger partial charge on any atom is -0.465 e. The molecule has 0 aromatic carbocycles. The molecular formula is C14H15F2N5O3. The quantitative estimate of drug-likeness (QED) is 0.776. The predicted octanol–water partition coefficient (Wildman–Crippen LogP) is 1.62. The Balaban J connectivity index is 1.94. The third kappa shape index (κ3) is 3.39. The third-order valence-electron chi connectivity index (χ3n) is 3.57. The summed E-state index contributed by atoms with van der Waals surface area (Å²) in [6.07, 6.45) is -2.85. The number of nitrogens with one attached hydrogen (secondary N) is 1. The Morgan fingerprint density at radius 3 is 2.75 bits per heavy atom. The Morgan fingerprint density at radius 2 is 2.17 bits per heavy atom. The maximum absolute atomic E-state index is 12.9. The molecule has 1 aliphatic heterocycles. The van der Waals surface area contributed by atoms with E-state index in [-0.39, 0.29) is 16.9 Å². The van der Waals surface area contributed by atoms with Crippen LogP contribution in [0, 0.1) is 0 Å². The SMILES string of the molecule is CC1(O)CN(Cc2cnc3c(NC(=O)O)nc(C(F)F)nc3c2)C1. The summed E-state index contributed by atoms with van der Waals surface area (Å²) in [7, 11) is 0. The molecule has 0 aliphatic carbocycles. The number of halogens is 2. The van der Waals surface area contributed by atoms with E-state index in [1.165, 1.54) is 6.20 Å². The highest BCUT2D eigenvalue weighted by molar-refractivity contribution is 5.93. The normalized spacial score (nSPS) is 17.0. The van der Waals surface area contributed by atoms with Crippen molar-refractivity contribution in [3.05, 3.63) is 23.7 Å². The number of nitrogens with zero attached hydrogens (tertiary/aromatic N) is 4. The van der Waals surface area contributed by atoms with Crippen molar-refractivity contribution < 1.29 is 23.8 Å². The average molecular weight is 339 g/mol. The van der Waals surface area contributed by atoms with E-state index in [0.29, 0.717) is 19.6 Å². The van der Waals surface area contributed by atoms with E-state index >= 15 is 0 Å². The highest BCUT2D eigenvalue weighted by Gasteiger charge is 2.36. The molecule has 128 valence electrons. The molecule has 2 aromatic rings. The molecule has 0 bridgehead atoms. The van der Waals surface area contributed by atoms with Gasteiger partial charge in [0, 0.05) is 25.8 Å². The van der Waals surface area contributed by atoms with Crippen LogP contribution in [-0.4, -0.2) is 54.8 Å². The standard InChI is InChI=1S/C14H15F2N5O3/c1-14(24)5-21(6-14)4-7-2-8-9(17-3-7)11(20-13(22)23)19-12(18-8)10(15)16/h2-3,10,24H,4-6H2,1H3,(H,22,23)(H,18,19,20). The third-order valence-corrected chi connectivity index (χ3v) is 3.57. The molecule has 24 heavy (non-hydrogen) atoms. The fourth-order valence-electron chi connectivity index (χ4n) is 2.74. The van der Waals surface area contributed by atoms with Crippen LogP contribution in [-0.2, 0) is 6.54 Å². The fraction of sp³-hybridized carbons (Fsp3) is 0.429. The molecule has 0 saturated carbocycles. The van der Waals surface area contributed by atoms with Crippen molar-refractivity contribution in [2.24, 2.45) is 0 Å². The lowest BCUT2D eigenvalue weighted by atomic mass is 9.96. The van der Waals surface area contributed by atoms with Crippen LogP contribution in [0.4, 0.5) is 19.4 Å². The number of hydrogen-bond acceptors (Lipinski definition) is 6. The van der Waals surface area contributed by atoms with E-state index in [9.17, 15) is 18.7 Å². The minimum atomic E-state index is -2.93. The van der Waals surface area contributed by atoms with Crippen LogP contribution in [0.25, 0.3) is 11.0 Å². The zero-order valence-corrected chi connectivity index (χ0v) is 12.7.